The molecule has 2 aromatic carbocycles. The van der Waals surface area contributed by atoms with E-state index in [0.29, 0.717) is 24.5 Å². The summed E-state index contributed by atoms with van der Waals surface area (Å²) in [4.78, 5) is 35.9. The molecule has 31 heavy (non-hydrogen) atoms. The Bertz CT molecular complexity index is 1190. The number of imide groups is 1. The topological polar surface area (TPSA) is 59.6 Å². The summed E-state index contributed by atoms with van der Waals surface area (Å²) in [6, 6.07) is 15.1. The van der Waals surface area contributed by atoms with E-state index in [2.05, 4.69) is 4.98 Å². The van der Waals surface area contributed by atoms with Crippen molar-refractivity contribution in [3.8, 4) is 0 Å². The van der Waals surface area contributed by atoms with Gasteiger partial charge in [0.2, 0.25) is 0 Å². The second-order valence-electron chi connectivity index (χ2n) is 8.88. The Morgan fingerprint density at radius 1 is 1.16 bits per heavy atom. The van der Waals surface area contributed by atoms with Crippen LogP contribution in [0.5, 0.6) is 0 Å². The minimum atomic E-state index is -0.950. The van der Waals surface area contributed by atoms with Gasteiger partial charge >= 0.3 is 6.03 Å². The third kappa shape index (κ3) is 2.97. The first-order chi connectivity index (χ1) is 14.8. The number of carbonyl (C=O) groups is 2. The molecule has 160 valence electrons. The van der Waals surface area contributed by atoms with E-state index in [4.69, 9.17) is 11.6 Å². The molecule has 0 saturated carbocycles. The number of H-pyrrole nitrogens is 1. The van der Waals surface area contributed by atoms with Gasteiger partial charge in [0, 0.05) is 41.1 Å². The van der Waals surface area contributed by atoms with Crippen molar-refractivity contribution in [2.75, 3.05) is 27.2 Å². The zero-order valence-electron chi connectivity index (χ0n) is 17.9. The van der Waals surface area contributed by atoms with Crippen molar-refractivity contribution in [3.63, 3.8) is 0 Å². The average molecular weight is 437 g/mol. The highest BCUT2D eigenvalue weighted by molar-refractivity contribution is 6.31. The third-order valence-corrected chi connectivity index (χ3v) is 6.75. The van der Waals surface area contributed by atoms with Crippen molar-refractivity contribution in [3.05, 3.63) is 70.4 Å². The van der Waals surface area contributed by atoms with Crippen LogP contribution in [0, 0.1) is 0 Å². The lowest BCUT2D eigenvalue weighted by Gasteiger charge is -2.42. The number of nitrogens with zero attached hydrogens (tertiary/aromatic N) is 3. The number of fused-ring (bicyclic) bond motifs is 4. The first-order valence-electron chi connectivity index (χ1n) is 10.5. The average Bonchev–Trinajstić information content (AvgIpc) is 3.18. The van der Waals surface area contributed by atoms with Gasteiger partial charge in [0.1, 0.15) is 11.6 Å². The second kappa shape index (κ2) is 7.11. The molecule has 0 unspecified atom stereocenters. The first-order valence-corrected chi connectivity index (χ1v) is 10.8. The van der Waals surface area contributed by atoms with Crippen LogP contribution in [0.2, 0.25) is 5.02 Å². The van der Waals surface area contributed by atoms with Crippen molar-refractivity contribution in [1.29, 1.82) is 0 Å². The Kier molecular flexibility index (Phi) is 4.61. The largest absolute Gasteiger partial charge is 0.356 e. The number of likely N-dealkylation sites (N-methyl/N-ethyl adjacent to an activating group) is 1. The molecule has 2 aliphatic heterocycles. The number of urea groups is 1. The number of hydrogen-bond donors (Lipinski definition) is 1. The van der Waals surface area contributed by atoms with E-state index in [9.17, 15) is 9.59 Å². The Hall–Kier alpha value is -2.83. The molecule has 0 radical (unpaired) electrons. The normalized spacial score (nSPS) is 23.1. The van der Waals surface area contributed by atoms with Crippen LogP contribution in [0.1, 0.15) is 29.8 Å². The molecule has 1 fully saturated rings. The Morgan fingerprint density at radius 2 is 1.90 bits per heavy atom. The lowest BCUT2D eigenvalue weighted by molar-refractivity contribution is -0.133. The summed E-state index contributed by atoms with van der Waals surface area (Å²) in [5.41, 5.74) is 3.00. The summed E-state index contributed by atoms with van der Waals surface area (Å²) >= 11 is 6.31. The van der Waals surface area contributed by atoms with Crippen LogP contribution in [-0.4, -0.2) is 64.3 Å². The minimum absolute atomic E-state index is 0.137. The SMILES string of the molecule is CN(C)CCN1C(=O)N2[C@H](c3ccccc3)c3[nH]c4ccc(Cl)cc4c3C[C@@]2(C)C1=O. The molecule has 2 aliphatic rings. The van der Waals surface area contributed by atoms with Crippen LogP contribution >= 0.6 is 11.6 Å². The van der Waals surface area contributed by atoms with Crippen LogP contribution in [0.25, 0.3) is 10.9 Å². The zero-order chi connectivity index (χ0) is 21.9. The number of rotatable bonds is 4. The highest BCUT2D eigenvalue weighted by Gasteiger charge is 2.60. The quantitative estimate of drug-likeness (QED) is 0.627. The molecule has 1 aromatic heterocycles. The van der Waals surface area contributed by atoms with Gasteiger partial charge in [0.15, 0.2) is 0 Å². The highest BCUT2D eigenvalue weighted by atomic mass is 35.5. The number of amides is 3. The van der Waals surface area contributed by atoms with Crippen LogP contribution in [0.4, 0.5) is 4.79 Å². The van der Waals surface area contributed by atoms with E-state index < -0.39 is 5.54 Å². The van der Waals surface area contributed by atoms with Gasteiger partial charge in [-0.1, -0.05) is 41.9 Å². The molecule has 3 amide bonds. The van der Waals surface area contributed by atoms with Gasteiger partial charge in [-0.2, -0.15) is 0 Å². The molecule has 1 N–H and O–H groups in total. The van der Waals surface area contributed by atoms with Gasteiger partial charge in [-0.25, -0.2) is 4.79 Å². The molecule has 7 heteroatoms. The van der Waals surface area contributed by atoms with Gasteiger partial charge in [-0.15, -0.1) is 0 Å². The Labute approximate surface area is 186 Å². The predicted molar refractivity (Wildman–Crippen MR) is 121 cm³/mol. The van der Waals surface area contributed by atoms with Crippen LogP contribution < -0.4 is 0 Å². The molecular weight excluding hydrogens is 412 g/mol. The van der Waals surface area contributed by atoms with Gasteiger partial charge in [-0.05, 0) is 50.3 Å². The monoisotopic (exact) mass is 436 g/mol. The van der Waals surface area contributed by atoms with Gasteiger partial charge < -0.3 is 9.88 Å². The van der Waals surface area contributed by atoms with Gasteiger partial charge in [0.05, 0.1) is 0 Å². The fourth-order valence-electron chi connectivity index (χ4n) is 4.96. The molecule has 0 bridgehead atoms. The van der Waals surface area contributed by atoms with E-state index in [1.807, 2.05) is 74.4 Å². The van der Waals surface area contributed by atoms with Crippen molar-refractivity contribution >= 4 is 34.4 Å². The zero-order valence-corrected chi connectivity index (χ0v) is 18.6. The standard InChI is InChI=1S/C24H25ClN4O2/c1-24-14-18-17-13-16(25)9-10-19(17)26-20(18)21(15-7-5-4-6-8-15)29(24)23(31)28(22(24)30)12-11-27(2)3/h4-10,13,21,26H,11-12,14H2,1-3H3/t21-,24+/m1/s1. The number of nitrogens with one attached hydrogen (secondary N) is 1. The summed E-state index contributed by atoms with van der Waals surface area (Å²) in [6.45, 7) is 2.89. The smallest absolute Gasteiger partial charge is 0.328 e. The molecule has 5 rings (SSSR count). The number of hydrogen-bond acceptors (Lipinski definition) is 3. The number of aromatic nitrogens is 1. The number of benzene rings is 2. The third-order valence-electron chi connectivity index (χ3n) is 6.51. The molecule has 2 atom stereocenters. The van der Waals surface area contributed by atoms with Crippen LogP contribution in [-0.2, 0) is 11.2 Å². The van der Waals surface area contributed by atoms with Gasteiger partial charge in [-0.3, -0.25) is 14.6 Å². The number of aromatic amines is 1. The van der Waals surface area contributed by atoms with E-state index in [1.165, 1.54) is 4.90 Å². The van der Waals surface area contributed by atoms with Crippen molar-refractivity contribution in [1.82, 2.24) is 19.7 Å². The van der Waals surface area contributed by atoms with Crippen LogP contribution in [0.15, 0.2) is 48.5 Å². The summed E-state index contributed by atoms with van der Waals surface area (Å²) in [7, 11) is 3.88. The maximum absolute atomic E-state index is 13.6. The lowest BCUT2D eigenvalue weighted by atomic mass is 9.81. The summed E-state index contributed by atoms with van der Waals surface area (Å²) in [5, 5.41) is 1.66. The fraction of sp³-hybridized carbons (Fsp3) is 0.333. The van der Waals surface area contributed by atoms with Crippen molar-refractivity contribution in [2.24, 2.45) is 0 Å². The number of halogens is 1. The molecule has 6 nitrogen and oxygen atoms in total. The molecular formula is C24H25ClN4O2. The summed E-state index contributed by atoms with van der Waals surface area (Å²) in [5.74, 6) is -0.137. The van der Waals surface area contributed by atoms with Crippen molar-refractivity contribution in [2.45, 2.75) is 24.9 Å². The van der Waals surface area contributed by atoms with E-state index >= 15 is 0 Å². The Morgan fingerprint density at radius 3 is 2.61 bits per heavy atom. The predicted octanol–water partition coefficient (Wildman–Crippen LogP) is 4.05. The van der Waals surface area contributed by atoms with Crippen LogP contribution in [0.3, 0.4) is 0 Å². The van der Waals surface area contributed by atoms with E-state index in [0.717, 1.165) is 27.7 Å². The molecule has 0 aliphatic carbocycles. The summed E-state index contributed by atoms with van der Waals surface area (Å²) < 4.78 is 0. The molecule has 1 saturated heterocycles. The van der Waals surface area contributed by atoms with Gasteiger partial charge in [0.25, 0.3) is 5.91 Å². The minimum Gasteiger partial charge on any atom is -0.356 e. The van der Waals surface area contributed by atoms with E-state index in [-0.39, 0.29) is 18.0 Å². The summed E-state index contributed by atoms with van der Waals surface area (Å²) in [6.07, 6.45) is 0.453. The molecule has 3 heterocycles. The maximum atomic E-state index is 13.6. The second-order valence-corrected chi connectivity index (χ2v) is 9.32. The first kappa shape index (κ1) is 20.1. The Balaban J connectivity index is 1.71. The molecule has 3 aromatic rings. The van der Waals surface area contributed by atoms with Crippen molar-refractivity contribution < 1.29 is 9.59 Å². The number of carbonyl (C=O) groups excluding carboxylic acids is 2. The highest BCUT2D eigenvalue weighted by Crippen LogP contribution is 2.48. The lowest BCUT2D eigenvalue weighted by Crippen LogP contribution is -2.53. The fourth-order valence-corrected chi connectivity index (χ4v) is 5.14. The van der Waals surface area contributed by atoms with E-state index in [1.54, 1.807) is 4.90 Å². The molecule has 0 spiro atoms. The maximum Gasteiger partial charge on any atom is 0.328 e.